The van der Waals surface area contributed by atoms with Crippen molar-refractivity contribution < 1.29 is 9.42 Å². The molecule has 0 bridgehead atoms. The molecule has 0 fully saturated rings. The zero-order valence-corrected chi connectivity index (χ0v) is 13.7. The van der Waals surface area contributed by atoms with Gasteiger partial charge >= 0.3 is 0 Å². The molecular formula is C10H26NO2PS2. The lowest BCUT2D eigenvalue weighted by Gasteiger charge is -2.18. The lowest BCUT2D eigenvalue weighted by atomic mass is 10.5. The maximum absolute atomic E-state index is 9.52. The number of nitrogens with one attached hydrogen (secondary N) is 1. The molecule has 0 spiro atoms. The Morgan fingerprint density at radius 2 is 1.69 bits per heavy atom. The molecule has 0 amide bonds. The van der Waals surface area contributed by atoms with E-state index in [-0.39, 0.29) is 6.10 Å². The van der Waals surface area contributed by atoms with E-state index >= 15 is 0 Å². The van der Waals surface area contributed by atoms with Crippen LogP contribution in [0.1, 0.15) is 41.5 Å². The van der Waals surface area contributed by atoms with Crippen molar-refractivity contribution in [1.29, 1.82) is 0 Å². The van der Waals surface area contributed by atoms with Gasteiger partial charge in [0.2, 0.25) is 5.69 Å². The van der Waals surface area contributed by atoms with Crippen molar-refractivity contribution in [2.75, 3.05) is 13.1 Å². The average molecular weight is 287 g/mol. The third-order valence-corrected chi connectivity index (χ3v) is 5.92. The van der Waals surface area contributed by atoms with Crippen LogP contribution < -0.4 is 5.32 Å². The summed E-state index contributed by atoms with van der Waals surface area (Å²) in [6.07, 6.45) is 0.0112. The molecule has 16 heavy (non-hydrogen) atoms. The minimum absolute atomic E-state index is 0.0112. The monoisotopic (exact) mass is 287 g/mol. The average Bonchev–Trinajstić information content (AvgIpc) is 2.00. The van der Waals surface area contributed by atoms with Gasteiger partial charge < -0.3 is 14.7 Å². The molecule has 0 saturated carbocycles. The molecule has 0 aliphatic carbocycles. The van der Waals surface area contributed by atoms with Crippen LogP contribution >= 0.6 is 17.1 Å². The van der Waals surface area contributed by atoms with Crippen LogP contribution in [-0.4, -0.2) is 29.3 Å². The van der Waals surface area contributed by atoms with E-state index < -0.39 is 5.69 Å². The van der Waals surface area contributed by atoms with Crippen molar-refractivity contribution in [2.45, 2.75) is 52.9 Å². The summed E-state index contributed by atoms with van der Waals surface area (Å²) >= 11 is 6.25. The van der Waals surface area contributed by atoms with Crippen LogP contribution in [0.25, 0.3) is 0 Å². The quantitative estimate of drug-likeness (QED) is 0.733. The standard InChI is InChI=1S/C6H15O2PS2.C4H11N/c1-5(2)8-9(7,10)11-6(3)4;1-3-5-4-2/h5-6H,1-4H3,(H,7,10);5H,3-4H2,1-2H3. The maximum atomic E-state index is 9.52. The van der Waals surface area contributed by atoms with Crippen LogP contribution in [0.3, 0.4) is 0 Å². The Labute approximate surface area is 110 Å². The largest absolute Gasteiger partial charge is 0.337 e. The third kappa shape index (κ3) is 17.3. The normalized spacial score (nSPS) is 14.6. The second kappa shape index (κ2) is 11.0. The van der Waals surface area contributed by atoms with Crippen LogP contribution in [0, 0.1) is 0 Å². The van der Waals surface area contributed by atoms with Crippen molar-refractivity contribution in [1.82, 2.24) is 5.32 Å². The molecule has 0 radical (unpaired) electrons. The highest BCUT2D eigenvalue weighted by Crippen LogP contribution is 2.58. The second-order valence-corrected chi connectivity index (χ2v) is 10.3. The fourth-order valence-corrected chi connectivity index (χ4v) is 6.25. The number of hydrogen-bond acceptors (Lipinski definition) is 4. The zero-order valence-electron chi connectivity index (χ0n) is 11.2. The fraction of sp³-hybridized carbons (Fsp3) is 1.00. The van der Waals surface area contributed by atoms with Crippen molar-refractivity contribution in [3.8, 4) is 0 Å². The molecule has 1 unspecified atom stereocenters. The Morgan fingerprint density at radius 3 is 1.88 bits per heavy atom. The van der Waals surface area contributed by atoms with E-state index in [1.165, 1.54) is 11.4 Å². The van der Waals surface area contributed by atoms with E-state index in [2.05, 4.69) is 19.2 Å². The van der Waals surface area contributed by atoms with Gasteiger partial charge in [-0.05, 0) is 38.7 Å². The molecule has 0 aromatic rings. The van der Waals surface area contributed by atoms with E-state index in [1.807, 2.05) is 27.7 Å². The summed E-state index contributed by atoms with van der Waals surface area (Å²) in [6.45, 7) is 14.1. The molecule has 0 saturated heterocycles. The molecule has 0 aliphatic heterocycles. The minimum atomic E-state index is -2.55. The Balaban J connectivity index is 0. The molecule has 3 nitrogen and oxygen atoms in total. The minimum Gasteiger partial charge on any atom is -0.337 e. The molecule has 0 heterocycles. The lowest BCUT2D eigenvalue weighted by Crippen LogP contribution is -2.09. The van der Waals surface area contributed by atoms with Gasteiger partial charge in [-0.1, -0.05) is 39.1 Å². The van der Waals surface area contributed by atoms with Crippen LogP contribution in [0.5, 0.6) is 0 Å². The molecule has 0 aliphatic rings. The SMILES string of the molecule is CC(C)OP(O)(=S)SC(C)C.CCNCC. The first-order chi connectivity index (χ1) is 7.25. The molecular weight excluding hydrogens is 261 g/mol. The summed E-state index contributed by atoms with van der Waals surface area (Å²) in [5.74, 6) is 0. The Hall–Kier alpha value is 0.880. The number of rotatable bonds is 6. The number of hydrogen-bond donors (Lipinski definition) is 2. The summed E-state index contributed by atoms with van der Waals surface area (Å²) in [4.78, 5) is 9.52. The Kier molecular flexibility index (Phi) is 13.2. The topological polar surface area (TPSA) is 41.5 Å². The highest BCUT2D eigenvalue weighted by Gasteiger charge is 2.17. The van der Waals surface area contributed by atoms with Crippen LogP contribution in [-0.2, 0) is 16.3 Å². The first-order valence-electron chi connectivity index (χ1n) is 5.65. The summed E-state index contributed by atoms with van der Waals surface area (Å²) in [5.41, 5.74) is -2.55. The van der Waals surface area contributed by atoms with Gasteiger partial charge in [-0.2, -0.15) is 0 Å². The Morgan fingerprint density at radius 1 is 1.25 bits per heavy atom. The Bertz CT molecular complexity index is 185. The van der Waals surface area contributed by atoms with E-state index in [0.29, 0.717) is 5.25 Å². The van der Waals surface area contributed by atoms with Gasteiger partial charge in [-0.25, -0.2) is 0 Å². The molecule has 0 aromatic heterocycles. The van der Waals surface area contributed by atoms with Gasteiger partial charge in [-0.15, -0.1) is 0 Å². The summed E-state index contributed by atoms with van der Waals surface area (Å²) in [7, 11) is 0. The predicted molar refractivity (Wildman–Crippen MR) is 79.7 cm³/mol. The summed E-state index contributed by atoms with van der Waals surface area (Å²) in [5, 5.41) is 3.43. The van der Waals surface area contributed by atoms with Gasteiger partial charge in [0.1, 0.15) is 0 Å². The van der Waals surface area contributed by atoms with Crippen molar-refractivity contribution in [2.24, 2.45) is 0 Å². The second-order valence-electron chi connectivity index (χ2n) is 3.73. The van der Waals surface area contributed by atoms with Crippen molar-refractivity contribution >= 4 is 28.9 Å². The zero-order chi connectivity index (χ0) is 13.2. The fourth-order valence-electron chi connectivity index (χ4n) is 0.808. The van der Waals surface area contributed by atoms with E-state index in [9.17, 15) is 4.89 Å². The van der Waals surface area contributed by atoms with Crippen LogP contribution in [0.4, 0.5) is 0 Å². The maximum Gasteiger partial charge on any atom is 0.245 e. The molecule has 2 N–H and O–H groups in total. The van der Waals surface area contributed by atoms with Gasteiger partial charge in [-0.3, -0.25) is 0 Å². The molecule has 100 valence electrons. The van der Waals surface area contributed by atoms with Gasteiger partial charge in [0.05, 0.1) is 6.10 Å². The third-order valence-electron chi connectivity index (χ3n) is 1.19. The summed E-state index contributed by atoms with van der Waals surface area (Å²) < 4.78 is 5.19. The first kappa shape index (κ1) is 19.2. The van der Waals surface area contributed by atoms with Gasteiger partial charge in [0.25, 0.3) is 0 Å². The molecule has 0 aromatic carbocycles. The van der Waals surface area contributed by atoms with Gasteiger partial charge in [0.15, 0.2) is 0 Å². The van der Waals surface area contributed by atoms with E-state index in [1.54, 1.807) is 0 Å². The smallest absolute Gasteiger partial charge is 0.245 e. The first-order valence-corrected chi connectivity index (χ1v) is 9.81. The molecule has 1 atom stereocenters. The predicted octanol–water partition coefficient (Wildman–Crippen LogP) is 3.39. The van der Waals surface area contributed by atoms with Crippen molar-refractivity contribution in [3.63, 3.8) is 0 Å². The van der Waals surface area contributed by atoms with E-state index in [0.717, 1.165) is 13.1 Å². The van der Waals surface area contributed by atoms with Crippen molar-refractivity contribution in [3.05, 3.63) is 0 Å². The molecule has 0 rings (SSSR count). The van der Waals surface area contributed by atoms with E-state index in [4.69, 9.17) is 16.3 Å². The highest BCUT2D eigenvalue weighted by atomic mass is 32.9. The van der Waals surface area contributed by atoms with Gasteiger partial charge in [0, 0.05) is 5.25 Å². The molecule has 6 heteroatoms. The highest BCUT2D eigenvalue weighted by molar-refractivity contribution is 8.67. The van der Waals surface area contributed by atoms with Crippen LogP contribution in [0.2, 0.25) is 0 Å². The lowest BCUT2D eigenvalue weighted by molar-refractivity contribution is 0.248. The summed E-state index contributed by atoms with van der Waals surface area (Å²) in [6, 6.07) is 0. The van der Waals surface area contributed by atoms with Crippen LogP contribution in [0.15, 0.2) is 0 Å².